The van der Waals surface area contributed by atoms with Crippen molar-refractivity contribution in [2.75, 3.05) is 0 Å². The predicted octanol–water partition coefficient (Wildman–Crippen LogP) is 0.536. The highest BCUT2D eigenvalue weighted by Crippen LogP contribution is 2.18. The van der Waals surface area contributed by atoms with Gasteiger partial charge in [0.1, 0.15) is 0 Å². The van der Waals surface area contributed by atoms with E-state index in [4.69, 9.17) is 10.3 Å². The highest BCUT2D eigenvalue weighted by molar-refractivity contribution is 4.95. The lowest BCUT2D eigenvalue weighted by Gasteiger charge is -2.16. The van der Waals surface area contributed by atoms with Crippen LogP contribution in [0.15, 0.2) is 4.52 Å². The number of nitrogens with zero attached hydrogens (tertiary/aromatic N) is 2. The van der Waals surface area contributed by atoms with Crippen LogP contribution in [-0.4, -0.2) is 15.2 Å². The number of hydrogen-bond donors (Lipinski definition) is 2. The Morgan fingerprint density at radius 2 is 2.23 bits per heavy atom. The zero-order valence-corrected chi connectivity index (χ0v) is 7.95. The van der Waals surface area contributed by atoms with Gasteiger partial charge in [-0.15, -0.1) is 0 Å². The Balaban J connectivity index is 2.80. The molecule has 1 atom stereocenters. The number of aryl methyl sites for hydroxylation is 1. The molecule has 0 amide bonds. The fraction of sp³-hybridized carbons (Fsp3) is 0.750. The number of rotatable bonds is 4. The van der Waals surface area contributed by atoms with Crippen LogP contribution in [0.2, 0.25) is 0 Å². The predicted molar refractivity (Wildman–Crippen MR) is 46.7 cm³/mol. The Morgan fingerprint density at radius 1 is 1.54 bits per heavy atom. The standard InChI is InChI=1S/C8H15N3O2/c1-3-5-8(9,12)7-10-6(4-2)11-13-7/h12H,3-5,9H2,1-2H3. The minimum absolute atomic E-state index is 0.103. The summed E-state index contributed by atoms with van der Waals surface area (Å²) < 4.78 is 4.84. The van der Waals surface area contributed by atoms with Crippen molar-refractivity contribution >= 4 is 0 Å². The van der Waals surface area contributed by atoms with E-state index in [1.54, 1.807) is 0 Å². The molecule has 3 N–H and O–H groups in total. The fourth-order valence-electron chi connectivity index (χ4n) is 1.06. The average molecular weight is 185 g/mol. The summed E-state index contributed by atoms with van der Waals surface area (Å²) in [5.41, 5.74) is 4.10. The number of aliphatic hydroxyl groups is 1. The third-order valence-electron chi connectivity index (χ3n) is 1.79. The van der Waals surface area contributed by atoms with E-state index in [1.165, 1.54) is 0 Å². The number of nitrogens with two attached hydrogens (primary N) is 1. The summed E-state index contributed by atoms with van der Waals surface area (Å²) in [4.78, 5) is 3.97. The SMILES string of the molecule is CCCC(N)(O)c1nc(CC)no1. The zero-order chi connectivity index (χ0) is 9.90. The summed E-state index contributed by atoms with van der Waals surface area (Å²) in [6.45, 7) is 3.83. The van der Waals surface area contributed by atoms with Crippen LogP contribution in [0.5, 0.6) is 0 Å². The van der Waals surface area contributed by atoms with E-state index in [-0.39, 0.29) is 5.89 Å². The molecule has 13 heavy (non-hydrogen) atoms. The lowest BCUT2D eigenvalue weighted by molar-refractivity contribution is 0.00137. The summed E-state index contributed by atoms with van der Waals surface area (Å²) in [6.07, 6.45) is 1.85. The van der Waals surface area contributed by atoms with Crippen molar-refractivity contribution in [1.82, 2.24) is 10.1 Å². The molecule has 0 radical (unpaired) electrons. The summed E-state index contributed by atoms with van der Waals surface area (Å²) in [6, 6.07) is 0. The van der Waals surface area contributed by atoms with Crippen molar-refractivity contribution in [3.63, 3.8) is 0 Å². The Hall–Kier alpha value is -0.940. The van der Waals surface area contributed by atoms with Gasteiger partial charge in [-0.3, -0.25) is 5.73 Å². The van der Waals surface area contributed by atoms with Crippen LogP contribution in [0.1, 0.15) is 38.4 Å². The van der Waals surface area contributed by atoms with Gasteiger partial charge in [-0.05, 0) is 6.42 Å². The molecular formula is C8H15N3O2. The molecular weight excluding hydrogens is 170 g/mol. The van der Waals surface area contributed by atoms with Crippen molar-refractivity contribution in [1.29, 1.82) is 0 Å². The molecule has 0 aromatic carbocycles. The van der Waals surface area contributed by atoms with E-state index in [0.29, 0.717) is 18.7 Å². The lowest BCUT2D eigenvalue weighted by atomic mass is 10.1. The molecule has 0 bridgehead atoms. The molecule has 1 rings (SSSR count). The Kier molecular flexibility index (Phi) is 3.00. The van der Waals surface area contributed by atoms with Gasteiger partial charge in [0.2, 0.25) is 0 Å². The molecule has 0 aliphatic carbocycles. The first-order valence-electron chi connectivity index (χ1n) is 4.44. The molecule has 5 heteroatoms. The first-order chi connectivity index (χ1) is 6.10. The van der Waals surface area contributed by atoms with Crippen LogP contribution in [0, 0.1) is 0 Å². The molecule has 0 saturated heterocycles. The minimum atomic E-state index is -1.48. The third kappa shape index (κ3) is 2.26. The maximum absolute atomic E-state index is 9.68. The van der Waals surface area contributed by atoms with Gasteiger partial charge in [0.25, 0.3) is 5.89 Å². The van der Waals surface area contributed by atoms with Crippen molar-refractivity contribution in [3.8, 4) is 0 Å². The van der Waals surface area contributed by atoms with Gasteiger partial charge < -0.3 is 9.63 Å². The molecule has 0 spiro atoms. The highest BCUT2D eigenvalue weighted by Gasteiger charge is 2.29. The highest BCUT2D eigenvalue weighted by atomic mass is 16.5. The van der Waals surface area contributed by atoms with Crippen molar-refractivity contribution in [3.05, 3.63) is 11.7 Å². The zero-order valence-electron chi connectivity index (χ0n) is 7.95. The molecule has 0 aliphatic rings. The van der Waals surface area contributed by atoms with Gasteiger partial charge >= 0.3 is 0 Å². The van der Waals surface area contributed by atoms with Crippen LogP contribution in [0.3, 0.4) is 0 Å². The summed E-state index contributed by atoms with van der Waals surface area (Å²) in [5.74, 6) is 0.668. The molecule has 5 nitrogen and oxygen atoms in total. The second-order valence-electron chi connectivity index (χ2n) is 3.04. The maximum Gasteiger partial charge on any atom is 0.273 e. The molecule has 1 aromatic rings. The second-order valence-corrected chi connectivity index (χ2v) is 3.04. The van der Waals surface area contributed by atoms with Crippen LogP contribution >= 0.6 is 0 Å². The Labute approximate surface area is 76.9 Å². The minimum Gasteiger partial charge on any atom is -0.368 e. The summed E-state index contributed by atoms with van der Waals surface area (Å²) >= 11 is 0. The van der Waals surface area contributed by atoms with Crippen LogP contribution in [-0.2, 0) is 12.1 Å². The van der Waals surface area contributed by atoms with Crippen molar-refractivity contribution in [2.24, 2.45) is 5.73 Å². The van der Waals surface area contributed by atoms with E-state index >= 15 is 0 Å². The molecule has 74 valence electrons. The van der Waals surface area contributed by atoms with Gasteiger partial charge in [0.15, 0.2) is 11.5 Å². The molecule has 1 aromatic heterocycles. The van der Waals surface area contributed by atoms with Gasteiger partial charge in [0, 0.05) is 6.42 Å². The maximum atomic E-state index is 9.68. The first-order valence-corrected chi connectivity index (χ1v) is 4.44. The first kappa shape index (κ1) is 10.1. The third-order valence-corrected chi connectivity index (χ3v) is 1.79. The topological polar surface area (TPSA) is 85.2 Å². The number of aromatic nitrogens is 2. The van der Waals surface area contributed by atoms with Crippen LogP contribution in [0.25, 0.3) is 0 Å². The monoisotopic (exact) mass is 185 g/mol. The van der Waals surface area contributed by atoms with Crippen molar-refractivity contribution < 1.29 is 9.63 Å². The van der Waals surface area contributed by atoms with E-state index < -0.39 is 5.72 Å². The van der Waals surface area contributed by atoms with Crippen LogP contribution in [0.4, 0.5) is 0 Å². The van der Waals surface area contributed by atoms with Crippen molar-refractivity contribution in [2.45, 2.75) is 38.8 Å². The van der Waals surface area contributed by atoms with E-state index in [0.717, 1.165) is 6.42 Å². The Morgan fingerprint density at radius 3 is 2.69 bits per heavy atom. The van der Waals surface area contributed by atoms with Gasteiger partial charge in [0.05, 0.1) is 0 Å². The Bertz CT molecular complexity index is 270. The largest absolute Gasteiger partial charge is 0.368 e. The molecule has 0 aliphatic heterocycles. The quantitative estimate of drug-likeness (QED) is 0.668. The molecule has 0 fully saturated rings. The number of hydrogen-bond acceptors (Lipinski definition) is 5. The molecule has 0 saturated carbocycles. The van der Waals surface area contributed by atoms with E-state index in [2.05, 4.69) is 10.1 Å². The smallest absolute Gasteiger partial charge is 0.273 e. The van der Waals surface area contributed by atoms with Gasteiger partial charge in [-0.1, -0.05) is 25.4 Å². The summed E-state index contributed by atoms with van der Waals surface area (Å²) in [7, 11) is 0. The average Bonchev–Trinajstić information content (AvgIpc) is 2.52. The lowest BCUT2D eigenvalue weighted by Crippen LogP contribution is -2.36. The normalized spacial score (nSPS) is 15.7. The van der Waals surface area contributed by atoms with Gasteiger partial charge in [-0.25, -0.2) is 0 Å². The molecule has 1 heterocycles. The fourth-order valence-corrected chi connectivity index (χ4v) is 1.06. The molecule has 1 unspecified atom stereocenters. The second kappa shape index (κ2) is 3.85. The van der Waals surface area contributed by atoms with E-state index in [9.17, 15) is 5.11 Å². The summed E-state index contributed by atoms with van der Waals surface area (Å²) in [5, 5.41) is 13.3. The van der Waals surface area contributed by atoms with E-state index in [1.807, 2.05) is 13.8 Å². The van der Waals surface area contributed by atoms with Gasteiger partial charge in [-0.2, -0.15) is 4.98 Å². The van der Waals surface area contributed by atoms with Crippen LogP contribution < -0.4 is 5.73 Å².